The highest BCUT2D eigenvalue weighted by Gasteiger charge is 2.07. The summed E-state index contributed by atoms with van der Waals surface area (Å²) in [5, 5.41) is 3.12. The van der Waals surface area contributed by atoms with Gasteiger partial charge in [0.25, 0.3) is 0 Å². The van der Waals surface area contributed by atoms with E-state index in [0.29, 0.717) is 12.1 Å². The molecule has 0 aromatic rings. The van der Waals surface area contributed by atoms with Gasteiger partial charge in [-0.15, -0.1) is 0 Å². The third-order valence-corrected chi connectivity index (χ3v) is 1.72. The Morgan fingerprint density at radius 1 is 1.56 bits per heavy atom. The van der Waals surface area contributed by atoms with Crippen LogP contribution in [0.3, 0.4) is 0 Å². The highest BCUT2D eigenvalue weighted by atomic mass is 14.9. The number of hydrogen-bond donors (Lipinski definition) is 2. The van der Waals surface area contributed by atoms with Crippen molar-refractivity contribution in [3.05, 3.63) is 0 Å². The molecule has 9 heavy (non-hydrogen) atoms. The summed E-state index contributed by atoms with van der Waals surface area (Å²) in [5.74, 6) is 0. The lowest BCUT2D eigenvalue weighted by Crippen LogP contribution is -2.40. The van der Waals surface area contributed by atoms with Gasteiger partial charge >= 0.3 is 0 Å². The van der Waals surface area contributed by atoms with Crippen LogP contribution in [0.25, 0.3) is 0 Å². The van der Waals surface area contributed by atoms with Crippen molar-refractivity contribution in [2.75, 3.05) is 7.05 Å². The number of likely N-dealkylation sites (N-methyl/N-ethyl adjacent to an activating group) is 1. The predicted molar refractivity (Wildman–Crippen MR) is 41.4 cm³/mol. The maximum absolute atomic E-state index is 5.78. The second-order valence-electron chi connectivity index (χ2n) is 2.53. The van der Waals surface area contributed by atoms with Crippen LogP contribution in [-0.2, 0) is 0 Å². The van der Waals surface area contributed by atoms with Crippen molar-refractivity contribution in [1.29, 1.82) is 0 Å². The Labute approximate surface area is 57.8 Å². The minimum absolute atomic E-state index is 0.319. The van der Waals surface area contributed by atoms with Gasteiger partial charge < -0.3 is 11.1 Å². The first-order valence-corrected chi connectivity index (χ1v) is 3.65. The molecule has 0 fully saturated rings. The van der Waals surface area contributed by atoms with Crippen LogP contribution in [0.4, 0.5) is 0 Å². The van der Waals surface area contributed by atoms with Crippen molar-refractivity contribution in [3.8, 4) is 0 Å². The van der Waals surface area contributed by atoms with Gasteiger partial charge in [0, 0.05) is 12.1 Å². The summed E-state index contributed by atoms with van der Waals surface area (Å²) >= 11 is 0. The molecule has 0 saturated heterocycles. The molecule has 2 nitrogen and oxygen atoms in total. The number of rotatable bonds is 4. The molecule has 0 aliphatic carbocycles. The van der Waals surface area contributed by atoms with Crippen molar-refractivity contribution >= 4 is 0 Å². The molecule has 3 N–H and O–H groups in total. The smallest absolute Gasteiger partial charge is 0.0191 e. The van der Waals surface area contributed by atoms with E-state index >= 15 is 0 Å². The first-order valence-electron chi connectivity index (χ1n) is 3.65. The fourth-order valence-electron chi connectivity index (χ4n) is 0.797. The largest absolute Gasteiger partial charge is 0.326 e. The van der Waals surface area contributed by atoms with Gasteiger partial charge in [0.15, 0.2) is 0 Å². The van der Waals surface area contributed by atoms with Crippen molar-refractivity contribution in [3.63, 3.8) is 0 Å². The van der Waals surface area contributed by atoms with Crippen molar-refractivity contribution in [2.45, 2.75) is 38.8 Å². The fraction of sp³-hybridized carbons (Fsp3) is 1.00. The zero-order chi connectivity index (χ0) is 7.28. The Kier molecular flexibility index (Phi) is 4.72. The molecular weight excluding hydrogens is 112 g/mol. The summed E-state index contributed by atoms with van der Waals surface area (Å²) < 4.78 is 0. The van der Waals surface area contributed by atoms with Crippen molar-refractivity contribution < 1.29 is 0 Å². The number of nitrogens with two attached hydrogens (primary N) is 1. The van der Waals surface area contributed by atoms with E-state index in [-0.39, 0.29) is 0 Å². The van der Waals surface area contributed by atoms with E-state index in [1.54, 1.807) is 0 Å². The van der Waals surface area contributed by atoms with Gasteiger partial charge in [-0.25, -0.2) is 0 Å². The molecule has 0 radical (unpaired) electrons. The van der Waals surface area contributed by atoms with Crippen molar-refractivity contribution in [2.24, 2.45) is 5.73 Å². The second kappa shape index (κ2) is 4.77. The SMILES string of the molecule is CCCC(N)C(C)NC. The monoisotopic (exact) mass is 130 g/mol. The lowest BCUT2D eigenvalue weighted by Gasteiger charge is -2.17. The third-order valence-electron chi connectivity index (χ3n) is 1.72. The molecular formula is C7H18N2. The van der Waals surface area contributed by atoms with Crippen LogP contribution in [0.1, 0.15) is 26.7 Å². The van der Waals surface area contributed by atoms with E-state index in [1.807, 2.05) is 7.05 Å². The quantitative estimate of drug-likeness (QED) is 0.588. The van der Waals surface area contributed by atoms with Crippen LogP contribution in [0.15, 0.2) is 0 Å². The second-order valence-corrected chi connectivity index (χ2v) is 2.53. The third kappa shape index (κ3) is 3.49. The summed E-state index contributed by atoms with van der Waals surface area (Å²) in [4.78, 5) is 0. The van der Waals surface area contributed by atoms with Gasteiger partial charge in [-0.2, -0.15) is 0 Å². The van der Waals surface area contributed by atoms with Crippen LogP contribution in [0.5, 0.6) is 0 Å². The van der Waals surface area contributed by atoms with Crippen LogP contribution in [0, 0.1) is 0 Å². The van der Waals surface area contributed by atoms with Gasteiger partial charge in [0.2, 0.25) is 0 Å². The van der Waals surface area contributed by atoms with Gasteiger partial charge in [-0.3, -0.25) is 0 Å². The predicted octanol–water partition coefficient (Wildman–Crippen LogP) is 0.722. The molecule has 0 saturated carbocycles. The number of nitrogens with one attached hydrogen (secondary N) is 1. The van der Waals surface area contributed by atoms with Gasteiger partial charge in [0.1, 0.15) is 0 Å². The highest BCUT2D eigenvalue weighted by Crippen LogP contribution is 1.97. The molecule has 2 heteroatoms. The maximum Gasteiger partial charge on any atom is 0.0191 e. The maximum atomic E-state index is 5.78. The van der Waals surface area contributed by atoms with E-state index in [9.17, 15) is 0 Å². The topological polar surface area (TPSA) is 38.0 Å². The Bertz CT molecular complexity index is 63.9. The molecule has 2 unspecified atom stereocenters. The van der Waals surface area contributed by atoms with E-state index in [0.717, 1.165) is 6.42 Å². The molecule has 0 aliphatic heterocycles. The van der Waals surface area contributed by atoms with E-state index in [2.05, 4.69) is 19.2 Å². The molecule has 0 heterocycles. The summed E-state index contributed by atoms with van der Waals surface area (Å²) in [6.07, 6.45) is 2.29. The van der Waals surface area contributed by atoms with E-state index < -0.39 is 0 Å². The minimum atomic E-state index is 0.319. The van der Waals surface area contributed by atoms with Crippen LogP contribution in [-0.4, -0.2) is 19.1 Å². The first kappa shape index (κ1) is 8.92. The van der Waals surface area contributed by atoms with Gasteiger partial charge in [-0.05, 0) is 20.4 Å². The Morgan fingerprint density at radius 3 is 2.44 bits per heavy atom. The average Bonchev–Trinajstić information content (AvgIpc) is 1.87. The standard InChI is InChI=1S/C7H18N2/c1-4-5-7(8)6(2)9-3/h6-7,9H,4-5,8H2,1-3H3. The highest BCUT2D eigenvalue weighted by molar-refractivity contribution is 4.72. The summed E-state index contributed by atoms with van der Waals surface area (Å²) in [6.45, 7) is 4.27. The Hall–Kier alpha value is -0.0800. The molecule has 0 spiro atoms. The fourth-order valence-corrected chi connectivity index (χ4v) is 0.797. The average molecular weight is 130 g/mol. The lowest BCUT2D eigenvalue weighted by atomic mass is 10.1. The van der Waals surface area contributed by atoms with Gasteiger partial charge in [0.05, 0.1) is 0 Å². The van der Waals surface area contributed by atoms with E-state index in [4.69, 9.17) is 5.73 Å². The molecule has 0 bridgehead atoms. The molecule has 56 valence electrons. The Balaban J connectivity index is 3.32. The molecule has 0 aliphatic rings. The summed E-state index contributed by atoms with van der Waals surface area (Å²) in [7, 11) is 1.94. The molecule has 0 rings (SSSR count). The number of hydrogen-bond acceptors (Lipinski definition) is 2. The zero-order valence-corrected chi connectivity index (χ0v) is 6.65. The first-order chi connectivity index (χ1) is 4.22. The summed E-state index contributed by atoms with van der Waals surface area (Å²) in [5.41, 5.74) is 5.78. The molecule has 0 amide bonds. The summed E-state index contributed by atoms with van der Waals surface area (Å²) in [6, 6.07) is 0.768. The van der Waals surface area contributed by atoms with E-state index in [1.165, 1.54) is 6.42 Å². The molecule has 0 aromatic heterocycles. The molecule has 0 aromatic carbocycles. The Morgan fingerprint density at radius 2 is 2.11 bits per heavy atom. The van der Waals surface area contributed by atoms with Crippen molar-refractivity contribution in [1.82, 2.24) is 5.32 Å². The van der Waals surface area contributed by atoms with Crippen LogP contribution in [0.2, 0.25) is 0 Å². The lowest BCUT2D eigenvalue weighted by molar-refractivity contribution is 0.461. The van der Waals surface area contributed by atoms with Gasteiger partial charge in [-0.1, -0.05) is 13.3 Å². The molecule has 2 atom stereocenters. The normalized spacial score (nSPS) is 17.3. The zero-order valence-electron chi connectivity index (χ0n) is 6.65. The van der Waals surface area contributed by atoms with Crippen LogP contribution >= 0.6 is 0 Å². The van der Waals surface area contributed by atoms with Crippen LogP contribution < -0.4 is 11.1 Å². The minimum Gasteiger partial charge on any atom is -0.326 e.